The zero-order chi connectivity index (χ0) is 14.6. The molecule has 0 fully saturated rings. The first kappa shape index (κ1) is 14.7. The van der Waals surface area contributed by atoms with E-state index < -0.39 is 0 Å². The van der Waals surface area contributed by atoms with Gasteiger partial charge in [0.15, 0.2) is 0 Å². The zero-order valence-corrected chi connectivity index (χ0v) is 12.3. The Morgan fingerprint density at radius 3 is 2.60 bits per heavy atom. The summed E-state index contributed by atoms with van der Waals surface area (Å²) in [6.45, 7) is 6.45. The Balaban J connectivity index is 2.00. The molecule has 0 saturated heterocycles. The van der Waals surface area contributed by atoms with Crippen molar-refractivity contribution in [2.75, 3.05) is 20.1 Å². The van der Waals surface area contributed by atoms with Crippen molar-refractivity contribution in [1.82, 2.24) is 15.0 Å². The first-order valence-electron chi connectivity index (χ1n) is 6.77. The van der Waals surface area contributed by atoms with Gasteiger partial charge in [-0.3, -0.25) is 4.90 Å². The second-order valence-electron chi connectivity index (χ2n) is 5.92. The molecule has 1 heterocycles. The molecular formula is C15H22N4O. The van der Waals surface area contributed by atoms with Crippen molar-refractivity contribution < 1.29 is 4.52 Å². The van der Waals surface area contributed by atoms with Crippen LogP contribution in [0.4, 0.5) is 0 Å². The van der Waals surface area contributed by atoms with Crippen molar-refractivity contribution in [2.45, 2.75) is 20.4 Å². The van der Waals surface area contributed by atoms with Crippen LogP contribution in [0.2, 0.25) is 0 Å². The molecule has 0 radical (unpaired) electrons. The Bertz CT molecular complexity index is 536. The van der Waals surface area contributed by atoms with E-state index in [1.807, 2.05) is 37.4 Å². The second-order valence-corrected chi connectivity index (χ2v) is 5.92. The summed E-state index contributed by atoms with van der Waals surface area (Å²) in [7, 11) is 2.03. The number of hydrogen-bond donors (Lipinski definition) is 1. The molecule has 0 aliphatic heterocycles. The number of aromatic nitrogens is 2. The second kappa shape index (κ2) is 6.15. The van der Waals surface area contributed by atoms with Gasteiger partial charge in [-0.2, -0.15) is 4.98 Å². The van der Waals surface area contributed by atoms with Gasteiger partial charge in [0, 0.05) is 12.1 Å². The Labute approximate surface area is 119 Å². The average Bonchev–Trinajstić information content (AvgIpc) is 2.87. The molecule has 2 rings (SSSR count). The summed E-state index contributed by atoms with van der Waals surface area (Å²) in [6, 6.07) is 9.82. The fraction of sp³-hybridized carbons (Fsp3) is 0.467. The van der Waals surface area contributed by atoms with Crippen LogP contribution in [0.25, 0.3) is 11.4 Å². The van der Waals surface area contributed by atoms with Crippen molar-refractivity contribution >= 4 is 0 Å². The monoisotopic (exact) mass is 274 g/mol. The van der Waals surface area contributed by atoms with E-state index in [0.717, 1.165) is 12.1 Å². The highest BCUT2D eigenvalue weighted by atomic mass is 16.5. The molecule has 5 heteroatoms. The number of benzene rings is 1. The third kappa shape index (κ3) is 3.88. The summed E-state index contributed by atoms with van der Waals surface area (Å²) in [5.74, 6) is 1.26. The van der Waals surface area contributed by atoms with Gasteiger partial charge in [-0.25, -0.2) is 0 Å². The highest BCUT2D eigenvalue weighted by Crippen LogP contribution is 2.17. The van der Waals surface area contributed by atoms with Gasteiger partial charge >= 0.3 is 0 Å². The minimum absolute atomic E-state index is 0.0804. The van der Waals surface area contributed by atoms with Gasteiger partial charge < -0.3 is 10.3 Å². The first-order chi connectivity index (χ1) is 9.50. The van der Waals surface area contributed by atoms with Crippen LogP contribution in [0.15, 0.2) is 34.9 Å². The van der Waals surface area contributed by atoms with E-state index in [1.165, 1.54) is 0 Å². The summed E-state index contributed by atoms with van der Waals surface area (Å²) in [5, 5.41) is 4.02. The van der Waals surface area contributed by atoms with Gasteiger partial charge in [-0.15, -0.1) is 0 Å². The van der Waals surface area contributed by atoms with Crippen LogP contribution < -0.4 is 5.73 Å². The van der Waals surface area contributed by atoms with E-state index in [4.69, 9.17) is 10.3 Å². The number of rotatable bonds is 6. The van der Waals surface area contributed by atoms with Crippen LogP contribution in [0, 0.1) is 5.41 Å². The van der Waals surface area contributed by atoms with Gasteiger partial charge in [0.25, 0.3) is 0 Å². The summed E-state index contributed by atoms with van der Waals surface area (Å²) in [5.41, 5.74) is 6.80. The van der Waals surface area contributed by atoms with Crippen LogP contribution in [-0.4, -0.2) is 35.2 Å². The zero-order valence-electron chi connectivity index (χ0n) is 12.3. The number of nitrogens with two attached hydrogens (primary N) is 1. The highest BCUT2D eigenvalue weighted by Gasteiger charge is 2.19. The quantitative estimate of drug-likeness (QED) is 0.874. The van der Waals surface area contributed by atoms with Gasteiger partial charge in [-0.1, -0.05) is 49.3 Å². The molecule has 0 aliphatic carbocycles. The van der Waals surface area contributed by atoms with Crippen LogP contribution in [-0.2, 0) is 6.54 Å². The Morgan fingerprint density at radius 1 is 1.25 bits per heavy atom. The topological polar surface area (TPSA) is 68.2 Å². The largest absolute Gasteiger partial charge is 0.338 e. The predicted molar refractivity (Wildman–Crippen MR) is 78.9 cm³/mol. The van der Waals surface area contributed by atoms with Crippen molar-refractivity contribution in [3.05, 3.63) is 36.2 Å². The molecule has 108 valence electrons. The summed E-state index contributed by atoms with van der Waals surface area (Å²) >= 11 is 0. The smallest absolute Gasteiger partial charge is 0.241 e. The molecule has 0 aliphatic rings. The van der Waals surface area contributed by atoms with Crippen molar-refractivity contribution in [1.29, 1.82) is 0 Å². The maximum absolute atomic E-state index is 5.75. The van der Waals surface area contributed by atoms with Gasteiger partial charge in [-0.05, 0) is 19.0 Å². The SMILES string of the molecule is CN(Cc1nc(-c2ccccc2)no1)CC(C)(C)CN. The maximum atomic E-state index is 5.75. The fourth-order valence-electron chi connectivity index (χ4n) is 2.11. The van der Waals surface area contributed by atoms with E-state index >= 15 is 0 Å². The average molecular weight is 274 g/mol. The molecule has 0 spiro atoms. The number of nitrogens with zero attached hydrogens (tertiary/aromatic N) is 3. The van der Waals surface area contributed by atoms with Crippen LogP contribution in [0.1, 0.15) is 19.7 Å². The first-order valence-corrected chi connectivity index (χ1v) is 6.77. The van der Waals surface area contributed by atoms with Crippen molar-refractivity contribution in [3.63, 3.8) is 0 Å². The third-order valence-corrected chi connectivity index (χ3v) is 3.16. The number of hydrogen-bond acceptors (Lipinski definition) is 5. The minimum atomic E-state index is 0.0804. The van der Waals surface area contributed by atoms with E-state index in [1.54, 1.807) is 0 Å². The van der Waals surface area contributed by atoms with Crippen molar-refractivity contribution in [3.8, 4) is 11.4 Å². The highest BCUT2D eigenvalue weighted by molar-refractivity contribution is 5.53. The lowest BCUT2D eigenvalue weighted by molar-refractivity contribution is 0.189. The summed E-state index contributed by atoms with van der Waals surface area (Å²) < 4.78 is 5.30. The molecule has 2 aromatic rings. The molecule has 0 bridgehead atoms. The molecular weight excluding hydrogens is 252 g/mol. The minimum Gasteiger partial charge on any atom is -0.338 e. The van der Waals surface area contributed by atoms with Crippen LogP contribution in [0.5, 0.6) is 0 Å². The van der Waals surface area contributed by atoms with Crippen LogP contribution >= 0.6 is 0 Å². The summed E-state index contributed by atoms with van der Waals surface area (Å²) in [6.07, 6.45) is 0. The molecule has 1 aromatic carbocycles. The lowest BCUT2D eigenvalue weighted by Crippen LogP contribution is -2.36. The molecule has 2 N–H and O–H groups in total. The Hall–Kier alpha value is -1.72. The molecule has 1 aromatic heterocycles. The molecule has 5 nitrogen and oxygen atoms in total. The standard InChI is InChI=1S/C15H22N4O/c1-15(2,10-16)11-19(3)9-13-17-14(18-20-13)12-7-5-4-6-8-12/h4-8H,9-11,16H2,1-3H3. The van der Waals surface area contributed by atoms with E-state index in [9.17, 15) is 0 Å². The molecule has 20 heavy (non-hydrogen) atoms. The lowest BCUT2D eigenvalue weighted by atomic mass is 9.93. The molecule has 0 amide bonds. The van der Waals surface area contributed by atoms with Crippen molar-refractivity contribution in [2.24, 2.45) is 11.1 Å². The van der Waals surface area contributed by atoms with E-state index in [-0.39, 0.29) is 5.41 Å². The van der Waals surface area contributed by atoms with Crippen LogP contribution in [0.3, 0.4) is 0 Å². The Morgan fingerprint density at radius 2 is 1.95 bits per heavy atom. The normalized spacial score (nSPS) is 12.1. The van der Waals surface area contributed by atoms with E-state index in [0.29, 0.717) is 24.8 Å². The predicted octanol–water partition coefficient (Wildman–Crippen LogP) is 2.15. The summed E-state index contributed by atoms with van der Waals surface area (Å²) in [4.78, 5) is 6.57. The third-order valence-electron chi connectivity index (χ3n) is 3.16. The fourth-order valence-corrected chi connectivity index (χ4v) is 2.11. The van der Waals surface area contributed by atoms with Gasteiger partial charge in [0.05, 0.1) is 6.54 Å². The maximum Gasteiger partial charge on any atom is 0.241 e. The Kier molecular flexibility index (Phi) is 4.52. The van der Waals surface area contributed by atoms with Gasteiger partial charge in [0.1, 0.15) is 0 Å². The molecule has 0 saturated carbocycles. The lowest BCUT2D eigenvalue weighted by Gasteiger charge is -2.27. The molecule has 0 atom stereocenters. The van der Waals surface area contributed by atoms with E-state index in [2.05, 4.69) is 28.9 Å². The van der Waals surface area contributed by atoms with Gasteiger partial charge in [0.2, 0.25) is 11.7 Å². The molecule has 0 unspecified atom stereocenters.